The summed E-state index contributed by atoms with van der Waals surface area (Å²) in [5.74, 6) is 0.980. The number of hydrogen-bond acceptors (Lipinski definition) is 6. The number of benzene rings is 2. The van der Waals surface area contributed by atoms with Crippen LogP contribution in [0.2, 0.25) is 5.02 Å². The topological polar surface area (TPSA) is 68.4 Å². The normalized spacial score (nSPS) is 27.6. The molecule has 2 aromatic carbocycles. The smallest absolute Gasteiger partial charge is 0.328 e. The van der Waals surface area contributed by atoms with Crippen molar-refractivity contribution in [2.24, 2.45) is 5.92 Å². The predicted molar refractivity (Wildman–Crippen MR) is 126 cm³/mol. The van der Waals surface area contributed by atoms with E-state index in [1.54, 1.807) is 31.2 Å². The lowest BCUT2D eigenvalue weighted by atomic mass is 10.0. The minimum absolute atomic E-state index is 0.170. The molecule has 174 valence electrons. The number of carbonyl (C=O) groups excluding carboxylic acids is 2. The zero-order valence-corrected chi connectivity index (χ0v) is 19.7. The fraction of sp³-hybridized carbons (Fsp3) is 0.417. The van der Waals surface area contributed by atoms with Gasteiger partial charge in [-0.15, -0.1) is 0 Å². The van der Waals surface area contributed by atoms with Crippen LogP contribution in [-0.2, 0) is 11.3 Å². The van der Waals surface area contributed by atoms with Gasteiger partial charge in [0.05, 0.1) is 13.7 Å². The van der Waals surface area contributed by atoms with Crippen LogP contribution in [0, 0.1) is 5.92 Å². The number of amides is 3. The van der Waals surface area contributed by atoms with Gasteiger partial charge in [-0.1, -0.05) is 30.7 Å². The summed E-state index contributed by atoms with van der Waals surface area (Å²) in [5, 5.41) is 4.18. The molecule has 0 aromatic heterocycles. The van der Waals surface area contributed by atoms with Crippen LogP contribution >= 0.6 is 11.6 Å². The number of anilines is 1. The molecule has 9 heteroatoms. The highest BCUT2D eigenvalue weighted by atomic mass is 35.5. The van der Waals surface area contributed by atoms with E-state index in [0.717, 1.165) is 30.1 Å². The van der Waals surface area contributed by atoms with Crippen molar-refractivity contribution >= 4 is 29.2 Å². The Hall–Kier alpha value is -2.81. The minimum atomic E-state index is -0.450. The third-order valence-corrected chi connectivity index (χ3v) is 7.00. The van der Waals surface area contributed by atoms with Gasteiger partial charge in [0.1, 0.15) is 24.2 Å². The zero-order chi connectivity index (χ0) is 23.3. The number of carbonyl (C=O) groups is 2. The van der Waals surface area contributed by atoms with Gasteiger partial charge in [0.2, 0.25) is 0 Å². The van der Waals surface area contributed by atoms with Crippen molar-refractivity contribution in [2.45, 2.75) is 32.0 Å². The predicted octanol–water partition coefficient (Wildman–Crippen LogP) is 2.78. The summed E-state index contributed by atoms with van der Waals surface area (Å²) >= 11 is 6.00. The second kappa shape index (κ2) is 8.52. The Morgan fingerprint density at radius 3 is 2.42 bits per heavy atom. The summed E-state index contributed by atoms with van der Waals surface area (Å²) in [6, 6.07) is 14.4. The molecule has 2 aromatic rings. The van der Waals surface area contributed by atoms with Gasteiger partial charge in [-0.2, -0.15) is 0 Å². The maximum absolute atomic E-state index is 13.7. The van der Waals surface area contributed by atoms with Crippen LogP contribution in [0.3, 0.4) is 0 Å². The summed E-state index contributed by atoms with van der Waals surface area (Å²) in [5.41, 5.74) is 1.91. The number of imide groups is 1. The van der Waals surface area contributed by atoms with Crippen molar-refractivity contribution in [1.29, 1.82) is 0 Å². The van der Waals surface area contributed by atoms with Gasteiger partial charge in [-0.25, -0.2) is 4.79 Å². The summed E-state index contributed by atoms with van der Waals surface area (Å²) in [4.78, 5) is 34.3. The van der Waals surface area contributed by atoms with Crippen molar-refractivity contribution in [3.8, 4) is 5.75 Å². The van der Waals surface area contributed by atoms with E-state index in [2.05, 4.69) is 22.0 Å². The van der Waals surface area contributed by atoms with Crippen LogP contribution in [-0.4, -0.2) is 72.4 Å². The van der Waals surface area contributed by atoms with Crippen LogP contribution in [0.25, 0.3) is 0 Å². The molecular formula is C24H28ClN5O3. The number of hydrogen-bond donors (Lipinski definition) is 1. The molecule has 3 aliphatic heterocycles. The number of likely N-dealkylation sites (N-methyl/N-ethyl adjacent to an activating group) is 1. The largest absolute Gasteiger partial charge is 0.497 e. The van der Waals surface area contributed by atoms with Gasteiger partial charge in [0, 0.05) is 30.8 Å². The fourth-order valence-corrected chi connectivity index (χ4v) is 5.24. The van der Waals surface area contributed by atoms with Gasteiger partial charge in [0.15, 0.2) is 0 Å². The van der Waals surface area contributed by atoms with E-state index in [-0.39, 0.29) is 30.9 Å². The molecule has 3 aliphatic rings. The molecule has 0 radical (unpaired) electrons. The van der Waals surface area contributed by atoms with E-state index in [4.69, 9.17) is 16.3 Å². The van der Waals surface area contributed by atoms with Crippen LogP contribution in [0.4, 0.5) is 10.5 Å². The highest BCUT2D eigenvalue weighted by molar-refractivity contribution is 6.30. The first-order valence-electron chi connectivity index (χ1n) is 11.1. The summed E-state index contributed by atoms with van der Waals surface area (Å²) in [6.45, 7) is 4.03. The van der Waals surface area contributed by atoms with Gasteiger partial charge >= 0.3 is 6.03 Å². The Kier molecular flexibility index (Phi) is 5.68. The molecule has 3 heterocycles. The standard InChI is InChI=1S/C24H28ClN5O3/c1-15-12-28(18-8-10-19(33-3)11-9-18)23-26-21-20(29(23)13-15)22(31)30(24(32)27(21)2)14-16-4-6-17(25)7-5-16/h4-11,15,20-21,23,26H,12-14H2,1-3H3. The van der Waals surface area contributed by atoms with Crippen LogP contribution in [0.5, 0.6) is 5.75 Å². The molecule has 1 N–H and O–H groups in total. The Bertz CT molecular complexity index is 1050. The van der Waals surface area contributed by atoms with Crippen molar-refractivity contribution in [3.05, 3.63) is 59.1 Å². The van der Waals surface area contributed by atoms with Gasteiger partial charge < -0.3 is 14.5 Å². The molecule has 5 rings (SSSR count). The van der Waals surface area contributed by atoms with Crippen molar-refractivity contribution in [2.75, 3.05) is 32.1 Å². The number of ether oxygens (including phenoxy) is 1. The zero-order valence-electron chi connectivity index (χ0n) is 18.9. The molecule has 3 saturated heterocycles. The number of nitrogens with one attached hydrogen (secondary N) is 1. The second-order valence-corrected chi connectivity index (χ2v) is 9.46. The maximum Gasteiger partial charge on any atom is 0.328 e. The van der Waals surface area contributed by atoms with Crippen LogP contribution in [0.1, 0.15) is 12.5 Å². The van der Waals surface area contributed by atoms with Crippen molar-refractivity contribution < 1.29 is 14.3 Å². The molecular weight excluding hydrogens is 442 g/mol. The Labute approximate surface area is 198 Å². The van der Waals surface area contributed by atoms with E-state index < -0.39 is 6.04 Å². The molecule has 3 fully saturated rings. The summed E-state index contributed by atoms with van der Waals surface area (Å²) < 4.78 is 5.30. The SMILES string of the molecule is COc1ccc(N2CC(C)CN3C4C(=O)N(Cc5ccc(Cl)cc5)C(=O)N(C)C4NC23)cc1. The summed E-state index contributed by atoms with van der Waals surface area (Å²) in [6.07, 6.45) is -0.568. The van der Waals surface area contributed by atoms with Crippen LogP contribution in [0.15, 0.2) is 48.5 Å². The molecule has 0 aliphatic carbocycles. The fourth-order valence-electron chi connectivity index (χ4n) is 5.11. The number of halogens is 1. The van der Waals surface area contributed by atoms with E-state index in [0.29, 0.717) is 10.9 Å². The molecule has 0 spiro atoms. The lowest BCUT2D eigenvalue weighted by molar-refractivity contribution is -0.139. The van der Waals surface area contributed by atoms with Crippen molar-refractivity contribution in [1.82, 2.24) is 20.0 Å². The number of rotatable bonds is 4. The number of urea groups is 1. The third-order valence-electron chi connectivity index (χ3n) is 6.74. The van der Waals surface area contributed by atoms with E-state index in [9.17, 15) is 9.59 Å². The van der Waals surface area contributed by atoms with E-state index in [1.807, 2.05) is 36.4 Å². The first-order chi connectivity index (χ1) is 15.9. The molecule has 4 atom stereocenters. The first-order valence-corrected chi connectivity index (χ1v) is 11.5. The van der Waals surface area contributed by atoms with E-state index in [1.165, 1.54) is 4.90 Å². The Morgan fingerprint density at radius 2 is 1.76 bits per heavy atom. The highest BCUT2D eigenvalue weighted by Crippen LogP contribution is 2.35. The van der Waals surface area contributed by atoms with Gasteiger partial charge in [-0.3, -0.25) is 19.9 Å². The second-order valence-electron chi connectivity index (χ2n) is 9.03. The number of nitrogens with zero attached hydrogens (tertiary/aromatic N) is 4. The van der Waals surface area contributed by atoms with Crippen LogP contribution < -0.4 is 15.0 Å². The molecule has 0 bridgehead atoms. The van der Waals surface area contributed by atoms with Gasteiger partial charge in [-0.05, 0) is 47.9 Å². The Balaban J connectivity index is 1.43. The van der Waals surface area contributed by atoms with E-state index >= 15 is 0 Å². The average molecular weight is 470 g/mol. The monoisotopic (exact) mass is 469 g/mol. The van der Waals surface area contributed by atoms with Gasteiger partial charge in [0.25, 0.3) is 5.91 Å². The molecule has 4 unspecified atom stereocenters. The third kappa shape index (κ3) is 3.82. The molecule has 3 amide bonds. The van der Waals surface area contributed by atoms with Crippen molar-refractivity contribution in [3.63, 3.8) is 0 Å². The first kappa shape index (κ1) is 22.0. The highest BCUT2D eigenvalue weighted by Gasteiger charge is 2.56. The lowest BCUT2D eigenvalue weighted by Gasteiger charge is -2.46. The quantitative estimate of drug-likeness (QED) is 0.742. The molecule has 8 nitrogen and oxygen atoms in total. The number of fused-ring (bicyclic) bond motifs is 3. The molecule has 0 saturated carbocycles. The lowest BCUT2D eigenvalue weighted by Crippen LogP contribution is -2.66. The molecule has 33 heavy (non-hydrogen) atoms. The Morgan fingerprint density at radius 1 is 1.06 bits per heavy atom. The maximum atomic E-state index is 13.7. The summed E-state index contributed by atoms with van der Waals surface area (Å²) in [7, 11) is 3.41. The average Bonchev–Trinajstić information content (AvgIpc) is 3.21. The number of methoxy groups -OCH3 is 1. The minimum Gasteiger partial charge on any atom is -0.497 e.